The number of hydrogen-bond donors (Lipinski definition) is 2. The molecule has 0 unspecified atom stereocenters. The van der Waals surface area contributed by atoms with Gasteiger partial charge in [-0.15, -0.1) is 0 Å². The van der Waals surface area contributed by atoms with E-state index in [4.69, 9.17) is 14.4 Å². The number of hydrogen-bond acceptors (Lipinski definition) is 5. The van der Waals surface area contributed by atoms with E-state index >= 15 is 0 Å². The number of aromatic carboxylic acids is 1. The molecule has 0 fully saturated rings. The summed E-state index contributed by atoms with van der Waals surface area (Å²) in [6.07, 6.45) is 1.06. The highest BCUT2D eigenvalue weighted by Gasteiger charge is 2.09. The summed E-state index contributed by atoms with van der Waals surface area (Å²) in [5.41, 5.74) is -0.0695. The first kappa shape index (κ1) is 14.7. The normalized spacial score (nSPS) is 11.1. The molecule has 1 aromatic heterocycles. The van der Waals surface area contributed by atoms with Crippen LogP contribution in [0.2, 0.25) is 0 Å². The van der Waals surface area contributed by atoms with Crippen molar-refractivity contribution in [2.24, 2.45) is 5.92 Å². The smallest absolute Gasteiger partial charge is 0.358 e. The third-order valence-corrected chi connectivity index (χ3v) is 2.34. The maximum Gasteiger partial charge on any atom is 0.358 e. The first-order chi connectivity index (χ1) is 8.59. The lowest BCUT2D eigenvalue weighted by Gasteiger charge is -2.06. The van der Waals surface area contributed by atoms with Crippen LogP contribution in [0.15, 0.2) is 10.6 Å². The lowest BCUT2D eigenvalue weighted by atomic mass is 10.1. The highest BCUT2D eigenvalue weighted by molar-refractivity contribution is 5.85. The van der Waals surface area contributed by atoms with Crippen molar-refractivity contribution in [2.45, 2.75) is 26.8 Å². The van der Waals surface area contributed by atoms with Crippen molar-refractivity contribution in [1.29, 1.82) is 0 Å². The molecular formula is C12H20N2O4. The minimum absolute atomic E-state index is 0.0695. The molecular weight excluding hydrogens is 236 g/mol. The van der Waals surface area contributed by atoms with Gasteiger partial charge in [0.1, 0.15) is 0 Å². The minimum Gasteiger partial charge on any atom is -0.476 e. The first-order valence-electron chi connectivity index (χ1n) is 6.07. The Balaban J connectivity index is 2.05. The summed E-state index contributed by atoms with van der Waals surface area (Å²) >= 11 is 0. The van der Waals surface area contributed by atoms with Gasteiger partial charge < -0.3 is 19.7 Å². The summed E-state index contributed by atoms with van der Waals surface area (Å²) in [7, 11) is 0. The largest absolute Gasteiger partial charge is 0.476 e. The third-order valence-electron chi connectivity index (χ3n) is 2.34. The van der Waals surface area contributed by atoms with Gasteiger partial charge in [-0.25, -0.2) is 4.79 Å². The molecule has 6 heteroatoms. The Morgan fingerprint density at radius 1 is 1.56 bits per heavy atom. The summed E-state index contributed by atoms with van der Waals surface area (Å²) < 4.78 is 10.3. The molecule has 0 saturated heterocycles. The molecule has 0 radical (unpaired) electrons. The SMILES string of the molecule is CC(C)CCOCCNCc1cc(C(=O)O)no1. The number of carbonyl (C=O) groups is 1. The summed E-state index contributed by atoms with van der Waals surface area (Å²) in [6.45, 7) is 6.86. The highest BCUT2D eigenvalue weighted by atomic mass is 16.5. The van der Waals surface area contributed by atoms with Crippen molar-refractivity contribution in [3.63, 3.8) is 0 Å². The fraction of sp³-hybridized carbons (Fsp3) is 0.667. The molecule has 0 aromatic carbocycles. The standard InChI is InChI=1S/C12H20N2O4/c1-9(2)3-5-17-6-4-13-8-10-7-11(12(15)16)14-18-10/h7,9,13H,3-6,8H2,1-2H3,(H,15,16). The van der Waals surface area contributed by atoms with Crippen LogP contribution >= 0.6 is 0 Å². The number of aromatic nitrogens is 1. The predicted molar refractivity (Wildman–Crippen MR) is 65.4 cm³/mol. The van der Waals surface area contributed by atoms with E-state index in [1.165, 1.54) is 6.07 Å². The number of nitrogens with one attached hydrogen (secondary N) is 1. The zero-order chi connectivity index (χ0) is 13.4. The Labute approximate surface area is 106 Å². The molecule has 0 bridgehead atoms. The molecule has 1 heterocycles. The molecule has 0 saturated carbocycles. The molecule has 0 aliphatic carbocycles. The van der Waals surface area contributed by atoms with Crippen LogP contribution in [0.5, 0.6) is 0 Å². The highest BCUT2D eigenvalue weighted by Crippen LogP contribution is 2.02. The van der Waals surface area contributed by atoms with Crippen LogP contribution in [0.3, 0.4) is 0 Å². The maximum absolute atomic E-state index is 10.6. The zero-order valence-electron chi connectivity index (χ0n) is 10.8. The van der Waals surface area contributed by atoms with Gasteiger partial charge in [0.05, 0.1) is 13.2 Å². The second-order valence-electron chi connectivity index (χ2n) is 4.46. The van der Waals surface area contributed by atoms with E-state index in [1.54, 1.807) is 0 Å². The van der Waals surface area contributed by atoms with Gasteiger partial charge in [0, 0.05) is 19.2 Å². The molecule has 0 amide bonds. The lowest BCUT2D eigenvalue weighted by Crippen LogP contribution is -2.19. The predicted octanol–water partition coefficient (Wildman–Crippen LogP) is 1.53. The van der Waals surface area contributed by atoms with Crippen molar-refractivity contribution < 1.29 is 19.2 Å². The van der Waals surface area contributed by atoms with E-state index in [-0.39, 0.29) is 5.69 Å². The number of rotatable bonds is 9. The maximum atomic E-state index is 10.6. The molecule has 0 aliphatic rings. The van der Waals surface area contributed by atoms with Gasteiger partial charge in [-0.2, -0.15) is 0 Å². The molecule has 102 valence electrons. The Kier molecular flexibility index (Phi) is 6.38. The average Bonchev–Trinajstić information content (AvgIpc) is 2.76. The number of carboxylic acids is 1. The van der Waals surface area contributed by atoms with Crippen molar-refractivity contribution in [3.05, 3.63) is 17.5 Å². The second kappa shape index (κ2) is 7.84. The summed E-state index contributed by atoms with van der Waals surface area (Å²) in [6, 6.07) is 1.41. The van der Waals surface area contributed by atoms with Gasteiger partial charge in [-0.3, -0.25) is 0 Å². The van der Waals surface area contributed by atoms with Crippen LogP contribution in [-0.2, 0) is 11.3 Å². The monoisotopic (exact) mass is 256 g/mol. The number of nitrogens with zero attached hydrogens (tertiary/aromatic N) is 1. The Morgan fingerprint density at radius 3 is 2.94 bits per heavy atom. The molecule has 0 spiro atoms. The second-order valence-corrected chi connectivity index (χ2v) is 4.46. The van der Waals surface area contributed by atoms with Gasteiger partial charge in [-0.05, 0) is 12.3 Å². The van der Waals surface area contributed by atoms with Crippen molar-refractivity contribution in [3.8, 4) is 0 Å². The van der Waals surface area contributed by atoms with Crippen LogP contribution < -0.4 is 5.32 Å². The van der Waals surface area contributed by atoms with Crippen LogP contribution in [0.25, 0.3) is 0 Å². The summed E-state index contributed by atoms with van der Waals surface area (Å²) in [4.78, 5) is 10.6. The number of carboxylic acid groups (broad SMARTS) is 1. The molecule has 0 aliphatic heterocycles. The van der Waals surface area contributed by atoms with E-state index in [2.05, 4.69) is 24.3 Å². The van der Waals surface area contributed by atoms with Crippen LogP contribution in [-0.4, -0.2) is 36.0 Å². The summed E-state index contributed by atoms with van der Waals surface area (Å²) in [5.74, 6) is 0.0817. The van der Waals surface area contributed by atoms with E-state index in [9.17, 15) is 4.79 Å². The zero-order valence-corrected chi connectivity index (χ0v) is 10.8. The Hall–Kier alpha value is -1.40. The van der Waals surface area contributed by atoms with Gasteiger partial charge >= 0.3 is 5.97 Å². The van der Waals surface area contributed by atoms with E-state index < -0.39 is 5.97 Å². The van der Waals surface area contributed by atoms with E-state index in [1.807, 2.05) is 0 Å². The third kappa shape index (κ3) is 5.79. The number of ether oxygens (including phenoxy) is 1. The van der Waals surface area contributed by atoms with Gasteiger partial charge in [0.25, 0.3) is 0 Å². The van der Waals surface area contributed by atoms with Crippen LogP contribution in [0.4, 0.5) is 0 Å². The minimum atomic E-state index is -1.08. The average molecular weight is 256 g/mol. The molecule has 1 rings (SSSR count). The fourth-order valence-electron chi connectivity index (χ4n) is 1.27. The van der Waals surface area contributed by atoms with Crippen molar-refractivity contribution >= 4 is 5.97 Å². The van der Waals surface area contributed by atoms with Gasteiger partial charge in [0.15, 0.2) is 11.5 Å². The molecule has 18 heavy (non-hydrogen) atoms. The van der Waals surface area contributed by atoms with Crippen molar-refractivity contribution in [1.82, 2.24) is 10.5 Å². The first-order valence-corrected chi connectivity index (χ1v) is 6.07. The van der Waals surface area contributed by atoms with Crippen LogP contribution in [0.1, 0.15) is 36.5 Å². The Morgan fingerprint density at radius 2 is 2.33 bits per heavy atom. The molecule has 1 aromatic rings. The molecule has 2 N–H and O–H groups in total. The van der Waals surface area contributed by atoms with E-state index in [0.717, 1.165) is 13.0 Å². The van der Waals surface area contributed by atoms with Gasteiger partial charge in [0.2, 0.25) is 0 Å². The van der Waals surface area contributed by atoms with Crippen molar-refractivity contribution in [2.75, 3.05) is 19.8 Å². The quantitative estimate of drug-likeness (QED) is 0.652. The van der Waals surface area contributed by atoms with Crippen LogP contribution in [0, 0.1) is 5.92 Å². The van der Waals surface area contributed by atoms with E-state index in [0.29, 0.717) is 31.4 Å². The summed E-state index contributed by atoms with van der Waals surface area (Å²) in [5, 5.41) is 15.2. The lowest BCUT2D eigenvalue weighted by molar-refractivity contribution is 0.0685. The Bertz CT molecular complexity index is 363. The topological polar surface area (TPSA) is 84.6 Å². The molecule has 6 nitrogen and oxygen atoms in total. The fourth-order valence-corrected chi connectivity index (χ4v) is 1.27. The van der Waals surface area contributed by atoms with Gasteiger partial charge in [-0.1, -0.05) is 19.0 Å². The molecule has 0 atom stereocenters.